The van der Waals surface area contributed by atoms with Gasteiger partial charge in [-0.25, -0.2) is 0 Å². The molecule has 0 radical (unpaired) electrons. The van der Waals surface area contributed by atoms with E-state index in [0.717, 1.165) is 24.8 Å². The number of nitrogens with one attached hydrogen (secondary N) is 4. The molecule has 14 nitrogen and oxygen atoms in total. The standard InChI is InChI=1S/C46H75N7O7/c1-13-30(7)41(52(10)46(58)40(28(4)5)51-45(57)39(48-9)27(2)3)37(59-11)26-38(54)53-24-14-15-36(53)42(60-12)31(8)43(55)50-35(25-32-18-16-29(6)17-19-32)44(56)49-34-22-20-33(47)21-23-34/h16,18-23,27-31,35-37,39-42,48H,13-15,17,24-26,47H2,1-12H3,(H,49,56)(H,50,55)(H,51,57)/t29?,30?,31?,35?,36?,37?,39?,40-,41?,42?/m0/s1. The zero-order valence-corrected chi connectivity index (χ0v) is 38.2. The lowest BCUT2D eigenvalue weighted by Crippen LogP contribution is -2.59. The number of nitrogen functional groups attached to an aromatic ring is 1. The van der Waals surface area contributed by atoms with E-state index in [4.69, 9.17) is 15.2 Å². The summed E-state index contributed by atoms with van der Waals surface area (Å²) in [6, 6.07) is 3.84. The van der Waals surface area contributed by atoms with Crippen LogP contribution in [-0.4, -0.2) is 117 Å². The Morgan fingerprint density at radius 3 is 2.10 bits per heavy atom. The molecule has 2 aliphatic rings. The molecule has 1 aliphatic carbocycles. The van der Waals surface area contributed by atoms with Crippen LogP contribution in [0.3, 0.4) is 0 Å². The van der Waals surface area contributed by atoms with Gasteiger partial charge in [0.15, 0.2) is 0 Å². The Balaban J connectivity index is 1.81. The molecule has 1 saturated heterocycles. The Bertz CT molecular complexity index is 1650. The third-order valence-corrected chi connectivity index (χ3v) is 12.4. The van der Waals surface area contributed by atoms with Gasteiger partial charge in [-0.05, 0) is 79.8 Å². The number of hydrogen-bond donors (Lipinski definition) is 5. The van der Waals surface area contributed by atoms with E-state index in [-0.39, 0.29) is 53.7 Å². The fourth-order valence-corrected chi connectivity index (χ4v) is 8.52. The van der Waals surface area contributed by atoms with E-state index in [9.17, 15) is 24.0 Å². The number of hydrogen-bond acceptors (Lipinski definition) is 9. The first-order valence-corrected chi connectivity index (χ1v) is 21.8. The van der Waals surface area contributed by atoms with Crippen LogP contribution in [0.15, 0.2) is 48.1 Å². The van der Waals surface area contributed by atoms with E-state index in [0.29, 0.717) is 36.7 Å². The van der Waals surface area contributed by atoms with Gasteiger partial charge < -0.3 is 46.3 Å². The Kier molecular flexibility index (Phi) is 19.7. The van der Waals surface area contributed by atoms with E-state index in [1.54, 1.807) is 69.3 Å². The lowest BCUT2D eigenvalue weighted by Gasteiger charge is -2.41. The Labute approximate surface area is 359 Å². The molecule has 0 saturated carbocycles. The minimum atomic E-state index is -0.871. The molecule has 9 unspecified atom stereocenters. The zero-order chi connectivity index (χ0) is 44.8. The number of likely N-dealkylation sites (N-methyl/N-ethyl adjacent to an activating group) is 2. The van der Waals surface area contributed by atoms with Gasteiger partial charge in [-0.1, -0.05) is 80.0 Å². The van der Waals surface area contributed by atoms with Crippen LogP contribution in [0.2, 0.25) is 0 Å². The maximum Gasteiger partial charge on any atom is 0.247 e. The fraction of sp³-hybridized carbons (Fsp3) is 0.674. The predicted molar refractivity (Wildman–Crippen MR) is 238 cm³/mol. The molecule has 0 aromatic heterocycles. The summed E-state index contributed by atoms with van der Waals surface area (Å²) in [5.74, 6) is -1.91. The Morgan fingerprint density at radius 2 is 1.57 bits per heavy atom. The predicted octanol–water partition coefficient (Wildman–Crippen LogP) is 4.91. The number of methoxy groups -OCH3 is 2. The molecule has 0 bridgehead atoms. The molecule has 5 amide bonds. The van der Waals surface area contributed by atoms with Crippen molar-refractivity contribution in [1.82, 2.24) is 25.8 Å². The van der Waals surface area contributed by atoms with Gasteiger partial charge >= 0.3 is 0 Å². The molecule has 0 spiro atoms. The second-order valence-corrected chi connectivity index (χ2v) is 17.6. The molecular formula is C46H75N7O7. The van der Waals surface area contributed by atoms with Crippen LogP contribution in [-0.2, 0) is 33.4 Å². The molecule has 336 valence electrons. The summed E-state index contributed by atoms with van der Waals surface area (Å²) in [7, 11) is 6.55. The molecule has 3 rings (SSSR count). The second kappa shape index (κ2) is 23.7. The minimum absolute atomic E-state index is 0.000845. The van der Waals surface area contributed by atoms with Crippen molar-refractivity contribution in [1.29, 1.82) is 0 Å². The van der Waals surface area contributed by atoms with Gasteiger partial charge in [0.2, 0.25) is 29.5 Å². The SMILES string of the molecule is CCC(C)C(C(CC(=O)N1CCCC1C(OC)C(C)C(=O)NC(CC1=CCC(C)C=C1)C(=O)Nc1ccc(N)cc1)OC)N(C)C(=O)[C@@H](NC(=O)C(NC)C(C)C)C(C)C. The van der Waals surface area contributed by atoms with Gasteiger partial charge in [0.1, 0.15) is 12.1 Å². The number of ether oxygens (including phenoxy) is 2. The number of nitrogens with two attached hydrogens (primary N) is 1. The van der Waals surface area contributed by atoms with Crippen molar-refractivity contribution in [3.63, 3.8) is 0 Å². The normalized spacial score (nSPS) is 20.6. The van der Waals surface area contributed by atoms with Crippen LogP contribution in [0.1, 0.15) is 93.9 Å². The smallest absolute Gasteiger partial charge is 0.247 e. The van der Waals surface area contributed by atoms with Crippen LogP contribution >= 0.6 is 0 Å². The Hall–Kier alpha value is -4.27. The molecule has 6 N–H and O–H groups in total. The molecule has 1 aliphatic heterocycles. The lowest BCUT2D eigenvalue weighted by atomic mass is 9.89. The molecule has 60 heavy (non-hydrogen) atoms. The molecule has 1 heterocycles. The Morgan fingerprint density at radius 1 is 0.917 bits per heavy atom. The highest BCUT2D eigenvalue weighted by Crippen LogP contribution is 2.30. The molecule has 1 aromatic rings. The zero-order valence-electron chi connectivity index (χ0n) is 38.2. The highest BCUT2D eigenvalue weighted by Gasteiger charge is 2.43. The van der Waals surface area contributed by atoms with Crippen LogP contribution in [0.5, 0.6) is 0 Å². The number of amides is 5. The van der Waals surface area contributed by atoms with Crippen LogP contribution < -0.4 is 27.0 Å². The number of carbonyl (C=O) groups is 5. The number of anilines is 2. The maximum absolute atomic E-state index is 14.4. The first kappa shape index (κ1) is 50.1. The number of carbonyl (C=O) groups excluding carboxylic acids is 5. The first-order chi connectivity index (χ1) is 28.4. The summed E-state index contributed by atoms with van der Waals surface area (Å²) in [5.41, 5.74) is 7.95. The molecule has 1 fully saturated rings. The molecule has 14 heteroatoms. The second-order valence-electron chi connectivity index (χ2n) is 17.6. The summed E-state index contributed by atoms with van der Waals surface area (Å²) in [4.78, 5) is 73.1. The molecule has 10 atom stereocenters. The quantitative estimate of drug-likeness (QED) is 0.101. The summed E-state index contributed by atoms with van der Waals surface area (Å²) in [6.07, 6.45) is 8.12. The van der Waals surface area contributed by atoms with Crippen molar-refractivity contribution < 1.29 is 33.4 Å². The summed E-state index contributed by atoms with van der Waals surface area (Å²) in [5, 5.41) is 12.0. The number of allylic oxidation sites excluding steroid dienone is 3. The number of likely N-dealkylation sites (tertiary alicyclic amines) is 1. The van der Waals surface area contributed by atoms with Crippen LogP contribution in [0.25, 0.3) is 0 Å². The fourth-order valence-electron chi connectivity index (χ4n) is 8.52. The summed E-state index contributed by atoms with van der Waals surface area (Å²) in [6.45, 7) is 16.1. The third kappa shape index (κ3) is 13.4. The maximum atomic E-state index is 14.4. The lowest BCUT2D eigenvalue weighted by molar-refractivity contribution is -0.148. The van der Waals surface area contributed by atoms with Crippen molar-refractivity contribution in [2.75, 3.05) is 45.9 Å². The van der Waals surface area contributed by atoms with Gasteiger partial charge in [-0.3, -0.25) is 24.0 Å². The summed E-state index contributed by atoms with van der Waals surface area (Å²) < 4.78 is 12.1. The van der Waals surface area contributed by atoms with Gasteiger partial charge in [-0.15, -0.1) is 0 Å². The van der Waals surface area contributed by atoms with E-state index < -0.39 is 48.3 Å². The largest absolute Gasteiger partial charge is 0.399 e. The van der Waals surface area contributed by atoms with E-state index in [1.807, 2.05) is 47.6 Å². The van der Waals surface area contributed by atoms with Crippen molar-refractivity contribution in [3.05, 3.63) is 48.1 Å². The van der Waals surface area contributed by atoms with Crippen molar-refractivity contribution >= 4 is 40.9 Å². The average Bonchev–Trinajstić information content (AvgIpc) is 3.70. The first-order valence-electron chi connectivity index (χ1n) is 21.8. The van der Waals surface area contributed by atoms with Gasteiger partial charge in [0.25, 0.3) is 0 Å². The van der Waals surface area contributed by atoms with Crippen LogP contribution in [0, 0.1) is 29.6 Å². The van der Waals surface area contributed by atoms with E-state index in [2.05, 4.69) is 40.3 Å². The average molecular weight is 838 g/mol. The van der Waals surface area contributed by atoms with Crippen molar-refractivity contribution in [3.8, 4) is 0 Å². The highest BCUT2D eigenvalue weighted by atomic mass is 16.5. The molecular weight excluding hydrogens is 763 g/mol. The van der Waals surface area contributed by atoms with E-state index >= 15 is 0 Å². The number of benzene rings is 1. The molecule has 1 aromatic carbocycles. The number of rotatable bonds is 22. The van der Waals surface area contributed by atoms with Gasteiger partial charge in [-0.2, -0.15) is 0 Å². The number of nitrogens with zero attached hydrogens (tertiary/aromatic N) is 2. The highest BCUT2D eigenvalue weighted by molar-refractivity contribution is 5.98. The van der Waals surface area contributed by atoms with Gasteiger partial charge in [0.05, 0.1) is 42.7 Å². The monoisotopic (exact) mass is 838 g/mol. The third-order valence-electron chi connectivity index (χ3n) is 12.4. The minimum Gasteiger partial charge on any atom is -0.399 e. The van der Waals surface area contributed by atoms with Crippen LogP contribution in [0.4, 0.5) is 11.4 Å². The summed E-state index contributed by atoms with van der Waals surface area (Å²) >= 11 is 0. The topological polar surface area (TPSA) is 184 Å². The van der Waals surface area contributed by atoms with Crippen molar-refractivity contribution in [2.45, 2.75) is 136 Å². The van der Waals surface area contributed by atoms with E-state index in [1.165, 1.54) is 0 Å². The van der Waals surface area contributed by atoms with Gasteiger partial charge in [0, 0.05) is 45.6 Å². The van der Waals surface area contributed by atoms with Crippen molar-refractivity contribution in [2.24, 2.45) is 29.6 Å².